The minimum atomic E-state index is -1.25. The Bertz CT molecular complexity index is 175. The lowest BCUT2D eigenvalue weighted by Gasteiger charge is -2.35. The summed E-state index contributed by atoms with van der Waals surface area (Å²) in [5, 5.41) is 27.7. The maximum Gasteiger partial charge on any atom is 0.160 e. The fraction of sp³-hybridized carbons (Fsp3) is 1.00. The van der Waals surface area contributed by atoms with E-state index in [2.05, 4.69) is 0 Å². The molecule has 0 aromatic heterocycles. The Morgan fingerprint density at radius 3 is 2.85 bits per heavy atom. The SMILES string of the molecule is [2H][C@H]1[C@H](OCC)O[C@H](CO)[C@@H](O)[C@@H]1O. The van der Waals surface area contributed by atoms with Crippen molar-refractivity contribution in [3.05, 3.63) is 0 Å². The van der Waals surface area contributed by atoms with E-state index in [0.717, 1.165) is 0 Å². The Hall–Kier alpha value is -0.200. The van der Waals surface area contributed by atoms with Gasteiger partial charge in [0, 0.05) is 14.4 Å². The standard InChI is InChI=1S/C8H16O5/c1-2-12-7-3-5(10)8(11)6(4-9)13-7/h5-11H,2-4H2,1H3/t5-,6-,7-,8+/m1/s1/i3D/t3-,5-,6-,7-,8+. The van der Waals surface area contributed by atoms with Gasteiger partial charge in [0.1, 0.15) is 12.2 Å². The Balaban J connectivity index is 2.63. The molecule has 0 spiro atoms. The smallest absolute Gasteiger partial charge is 0.160 e. The lowest BCUT2D eigenvalue weighted by molar-refractivity contribution is -0.255. The van der Waals surface area contributed by atoms with Crippen LogP contribution >= 0.6 is 0 Å². The molecular weight excluding hydrogens is 176 g/mol. The van der Waals surface area contributed by atoms with Gasteiger partial charge in [0.2, 0.25) is 0 Å². The van der Waals surface area contributed by atoms with E-state index in [4.69, 9.17) is 16.0 Å². The highest BCUT2D eigenvalue weighted by atomic mass is 16.7. The van der Waals surface area contributed by atoms with Crippen LogP contribution in [-0.4, -0.2) is 53.1 Å². The first-order valence-electron chi connectivity index (χ1n) is 4.85. The molecule has 5 heteroatoms. The van der Waals surface area contributed by atoms with Crippen LogP contribution in [0.5, 0.6) is 0 Å². The van der Waals surface area contributed by atoms with Gasteiger partial charge in [-0.15, -0.1) is 0 Å². The third-order valence-corrected chi connectivity index (χ3v) is 1.90. The first kappa shape index (κ1) is 9.36. The molecule has 1 heterocycles. The van der Waals surface area contributed by atoms with Crippen LogP contribution in [-0.2, 0) is 9.47 Å². The predicted octanol–water partition coefficient (Wildman–Crippen LogP) is -1.15. The first-order chi connectivity index (χ1) is 6.61. The van der Waals surface area contributed by atoms with Gasteiger partial charge in [-0.1, -0.05) is 0 Å². The summed E-state index contributed by atoms with van der Waals surface area (Å²) in [6, 6.07) is 0. The van der Waals surface area contributed by atoms with E-state index < -0.39 is 37.6 Å². The van der Waals surface area contributed by atoms with Crippen molar-refractivity contribution in [2.75, 3.05) is 13.2 Å². The topological polar surface area (TPSA) is 79.2 Å². The fourth-order valence-electron chi connectivity index (χ4n) is 1.20. The number of aliphatic hydroxyl groups excluding tert-OH is 3. The summed E-state index contributed by atoms with van der Waals surface area (Å²) in [5.41, 5.74) is 0. The van der Waals surface area contributed by atoms with E-state index >= 15 is 0 Å². The third-order valence-electron chi connectivity index (χ3n) is 1.90. The highest BCUT2D eigenvalue weighted by Crippen LogP contribution is 2.20. The van der Waals surface area contributed by atoms with Crippen LogP contribution in [0.2, 0.25) is 0 Å². The van der Waals surface area contributed by atoms with E-state index in [9.17, 15) is 10.2 Å². The van der Waals surface area contributed by atoms with Crippen molar-refractivity contribution in [3.8, 4) is 0 Å². The molecule has 0 unspecified atom stereocenters. The Morgan fingerprint density at radius 1 is 1.62 bits per heavy atom. The van der Waals surface area contributed by atoms with Gasteiger partial charge in [0.05, 0.1) is 12.7 Å². The van der Waals surface area contributed by atoms with Crippen LogP contribution in [0.4, 0.5) is 0 Å². The third kappa shape index (κ3) is 2.62. The molecule has 0 radical (unpaired) electrons. The van der Waals surface area contributed by atoms with Crippen molar-refractivity contribution in [2.24, 2.45) is 0 Å². The molecule has 1 saturated heterocycles. The number of hydrogen-bond donors (Lipinski definition) is 3. The van der Waals surface area contributed by atoms with E-state index in [1.807, 2.05) is 0 Å². The van der Waals surface area contributed by atoms with Gasteiger partial charge >= 0.3 is 0 Å². The molecule has 0 aliphatic carbocycles. The molecule has 78 valence electrons. The average molecular weight is 193 g/mol. The zero-order chi connectivity index (χ0) is 10.7. The lowest BCUT2D eigenvalue weighted by Crippen LogP contribution is -2.50. The molecule has 3 N–H and O–H groups in total. The molecule has 1 aliphatic rings. The summed E-state index contributed by atoms with van der Waals surface area (Å²) >= 11 is 0. The summed E-state index contributed by atoms with van der Waals surface area (Å²) in [4.78, 5) is 0. The number of ether oxygens (including phenoxy) is 2. The van der Waals surface area contributed by atoms with Crippen molar-refractivity contribution < 1.29 is 26.2 Å². The van der Waals surface area contributed by atoms with Gasteiger partial charge in [-0.2, -0.15) is 0 Å². The molecule has 0 bridgehead atoms. The van der Waals surface area contributed by atoms with Crippen molar-refractivity contribution in [2.45, 2.75) is 37.9 Å². The zero-order valence-electron chi connectivity index (χ0n) is 8.46. The lowest BCUT2D eigenvalue weighted by atomic mass is 10.0. The summed E-state index contributed by atoms with van der Waals surface area (Å²) in [6.07, 6.45) is -5.32. The summed E-state index contributed by atoms with van der Waals surface area (Å²) in [5.74, 6) is 0. The highest BCUT2D eigenvalue weighted by molar-refractivity contribution is 4.82. The van der Waals surface area contributed by atoms with Crippen LogP contribution in [0.1, 0.15) is 14.7 Å². The Labute approximate surface area is 78.3 Å². The monoisotopic (exact) mass is 193 g/mol. The van der Waals surface area contributed by atoms with Gasteiger partial charge in [-0.25, -0.2) is 0 Å². The second-order valence-electron chi connectivity index (χ2n) is 2.85. The summed E-state index contributed by atoms with van der Waals surface area (Å²) in [7, 11) is 0. The van der Waals surface area contributed by atoms with Gasteiger partial charge in [0.15, 0.2) is 6.29 Å². The molecule has 0 amide bonds. The summed E-state index contributed by atoms with van der Waals surface area (Å²) < 4.78 is 17.6. The average Bonchev–Trinajstić information content (AvgIpc) is 2.19. The fourth-order valence-corrected chi connectivity index (χ4v) is 1.20. The molecule has 1 fully saturated rings. The minimum Gasteiger partial charge on any atom is -0.394 e. The van der Waals surface area contributed by atoms with E-state index in [1.54, 1.807) is 6.92 Å². The van der Waals surface area contributed by atoms with Crippen LogP contribution in [0.15, 0.2) is 0 Å². The molecule has 1 aliphatic heterocycles. The number of rotatable bonds is 3. The second kappa shape index (κ2) is 4.88. The van der Waals surface area contributed by atoms with Crippen molar-refractivity contribution in [1.82, 2.24) is 0 Å². The van der Waals surface area contributed by atoms with E-state index in [-0.39, 0.29) is 0 Å². The normalized spacial score (nSPS) is 47.4. The van der Waals surface area contributed by atoms with Gasteiger partial charge in [-0.05, 0) is 6.92 Å². The van der Waals surface area contributed by atoms with Gasteiger partial charge < -0.3 is 24.8 Å². The quantitative estimate of drug-likeness (QED) is 0.527. The Kier molecular flexibility index (Phi) is 3.51. The van der Waals surface area contributed by atoms with Crippen LogP contribution in [0.3, 0.4) is 0 Å². The molecule has 0 aromatic carbocycles. The maximum atomic E-state index is 9.44. The highest BCUT2D eigenvalue weighted by Gasteiger charge is 2.36. The van der Waals surface area contributed by atoms with Crippen LogP contribution in [0, 0.1) is 0 Å². The summed E-state index contributed by atoms with van der Waals surface area (Å²) in [6.45, 7) is 1.68. The first-order valence-corrected chi connectivity index (χ1v) is 4.28. The zero-order valence-corrected chi connectivity index (χ0v) is 7.46. The molecular formula is C8H16O5. The molecule has 13 heavy (non-hydrogen) atoms. The van der Waals surface area contributed by atoms with Gasteiger partial charge in [-0.3, -0.25) is 0 Å². The number of aliphatic hydroxyl groups is 3. The van der Waals surface area contributed by atoms with Gasteiger partial charge in [0.25, 0.3) is 0 Å². The molecule has 0 saturated carbocycles. The van der Waals surface area contributed by atoms with Crippen LogP contribution < -0.4 is 0 Å². The molecule has 5 nitrogen and oxygen atoms in total. The van der Waals surface area contributed by atoms with Crippen molar-refractivity contribution >= 4 is 0 Å². The molecule has 0 aromatic rings. The largest absolute Gasteiger partial charge is 0.394 e. The van der Waals surface area contributed by atoms with Crippen molar-refractivity contribution in [1.29, 1.82) is 0 Å². The second-order valence-corrected chi connectivity index (χ2v) is 2.85. The Morgan fingerprint density at radius 2 is 2.31 bits per heavy atom. The molecule has 5 atom stereocenters. The van der Waals surface area contributed by atoms with Crippen molar-refractivity contribution in [3.63, 3.8) is 0 Å². The van der Waals surface area contributed by atoms with E-state index in [1.165, 1.54) is 0 Å². The molecule has 1 rings (SSSR count). The minimum absolute atomic E-state index is 0.348. The van der Waals surface area contributed by atoms with E-state index in [0.29, 0.717) is 6.61 Å². The predicted molar refractivity (Wildman–Crippen MR) is 44.0 cm³/mol. The van der Waals surface area contributed by atoms with Crippen LogP contribution in [0.25, 0.3) is 0 Å². The maximum absolute atomic E-state index is 9.44. The number of hydrogen-bond acceptors (Lipinski definition) is 5.